The molecule has 6 aromatic rings. The van der Waals surface area contributed by atoms with E-state index in [1.54, 1.807) is 14.2 Å². The van der Waals surface area contributed by atoms with Gasteiger partial charge in [0.1, 0.15) is 34.5 Å². The molecule has 6 nitrogen and oxygen atoms in total. The molecule has 0 spiro atoms. The molecule has 67 heavy (non-hydrogen) atoms. The molecule has 0 aliphatic carbocycles. The third-order valence-electron chi connectivity index (χ3n) is 10.5. The minimum Gasteiger partial charge on any atom is -0.497 e. The summed E-state index contributed by atoms with van der Waals surface area (Å²) in [5, 5.41) is 0. The average Bonchev–Trinajstić information content (AvgIpc) is 3.29. The number of ether oxygens (including phenoxy) is 6. The van der Waals surface area contributed by atoms with E-state index in [-0.39, 0.29) is 23.0 Å². The van der Waals surface area contributed by atoms with Gasteiger partial charge in [0.15, 0.2) is 0 Å². The van der Waals surface area contributed by atoms with E-state index in [1.165, 1.54) is 39.6 Å². The Morgan fingerprint density at radius 1 is 0.254 bits per heavy atom. The Morgan fingerprint density at radius 3 is 0.537 bits per heavy atom. The molecule has 18 heteroatoms. The number of alkyl halides is 12. The summed E-state index contributed by atoms with van der Waals surface area (Å²) in [6.45, 7) is 0. The lowest BCUT2D eigenvalue weighted by Crippen LogP contribution is -2.54. The molecular formula is C49H44F12O6. The van der Waals surface area contributed by atoms with Crippen molar-refractivity contribution in [2.24, 2.45) is 0 Å². The lowest BCUT2D eigenvalue weighted by atomic mass is 9.73. The van der Waals surface area contributed by atoms with Crippen LogP contribution in [0.15, 0.2) is 146 Å². The fourth-order valence-corrected chi connectivity index (χ4v) is 7.05. The summed E-state index contributed by atoms with van der Waals surface area (Å²) in [5.41, 5.74) is -9.57. The molecule has 0 heterocycles. The van der Waals surface area contributed by atoms with Gasteiger partial charge in [-0.05, 0) is 113 Å². The van der Waals surface area contributed by atoms with Crippen LogP contribution in [0, 0.1) is 0 Å². The molecule has 0 atom stereocenters. The third-order valence-corrected chi connectivity index (χ3v) is 10.5. The summed E-state index contributed by atoms with van der Waals surface area (Å²) in [5.74, 6) is 2.38. The maximum Gasteiger partial charge on any atom is 0.411 e. The average molecular weight is 957 g/mol. The van der Waals surface area contributed by atoms with E-state index in [0.29, 0.717) is 0 Å². The van der Waals surface area contributed by atoms with Crippen LogP contribution >= 0.6 is 0 Å². The monoisotopic (exact) mass is 956 g/mol. The Balaban J connectivity index is 0.000000224. The molecule has 0 N–H and O–H groups in total. The van der Waals surface area contributed by atoms with E-state index in [4.69, 9.17) is 28.4 Å². The van der Waals surface area contributed by atoms with Crippen LogP contribution in [-0.4, -0.2) is 67.4 Å². The van der Waals surface area contributed by atoms with Gasteiger partial charge in [0, 0.05) is 0 Å². The Morgan fingerprint density at radius 2 is 0.403 bits per heavy atom. The smallest absolute Gasteiger partial charge is 0.411 e. The first kappa shape index (κ1) is 52.9. The van der Waals surface area contributed by atoms with Gasteiger partial charge in [-0.1, -0.05) is 72.8 Å². The second kappa shape index (κ2) is 21.7. The standard InChI is InChI=1S/2C17H14F6O2.C15H16O2/c2*1-24-13-7-3-11(4-8-13)15(16(18,19)20,17(21,22)23)12-5-9-14(25-2)10-6-12;1-16-14-7-3-12(4-8-14)11-13-5-9-15(17-2)10-6-13/h2*3-10H,1-2H3;3-10H,11H2,1-2H3. The molecule has 0 saturated carbocycles. The highest BCUT2D eigenvalue weighted by molar-refractivity contribution is 5.49. The van der Waals surface area contributed by atoms with Gasteiger partial charge in [-0.25, -0.2) is 0 Å². The van der Waals surface area contributed by atoms with Gasteiger partial charge in [0.2, 0.25) is 10.8 Å². The van der Waals surface area contributed by atoms with E-state index in [0.717, 1.165) is 115 Å². The first-order chi connectivity index (χ1) is 31.5. The molecule has 0 aliphatic heterocycles. The fraction of sp³-hybridized carbons (Fsp3) is 0.265. The first-order valence-corrected chi connectivity index (χ1v) is 19.6. The summed E-state index contributed by atoms with van der Waals surface area (Å²) in [4.78, 5) is 0. The van der Waals surface area contributed by atoms with E-state index in [9.17, 15) is 52.7 Å². The highest BCUT2D eigenvalue weighted by Gasteiger charge is 2.73. The zero-order chi connectivity index (χ0) is 49.8. The number of hydrogen-bond donors (Lipinski definition) is 0. The molecule has 6 rings (SSSR count). The molecule has 0 saturated heterocycles. The number of methoxy groups -OCH3 is 6. The van der Waals surface area contributed by atoms with E-state index in [1.807, 2.05) is 24.3 Å². The van der Waals surface area contributed by atoms with E-state index < -0.39 is 57.8 Å². The van der Waals surface area contributed by atoms with Crippen LogP contribution in [-0.2, 0) is 17.3 Å². The zero-order valence-corrected chi connectivity index (χ0v) is 36.5. The second-order valence-electron chi connectivity index (χ2n) is 14.3. The van der Waals surface area contributed by atoms with Gasteiger partial charge in [-0.3, -0.25) is 0 Å². The van der Waals surface area contributed by atoms with Crippen LogP contribution < -0.4 is 28.4 Å². The lowest BCUT2D eigenvalue weighted by molar-refractivity contribution is -0.290. The summed E-state index contributed by atoms with van der Waals surface area (Å²) < 4.78 is 195. The normalized spacial score (nSPS) is 12.1. The predicted octanol–water partition coefficient (Wildman–Crippen LogP) is 13.5. The summed E-state index contributed by atoms with van der Waals surface area (Å²) in [6, 6.07) is 30.9. The van der Waals surface area contributed by atoms with Crippen molar-refractivity contribution in [1.29, 1.82) is 0 Å². The molecule has 6 aromatic carbocycles. The van der Waals surface area contributed by atoms with E-state index >= 15 is 0 Å². The van der Waals surface area contributed by atoms with Gasteiger partial charge in [-0.2, -0.15) is 52.7 Å². The highest BCUT2D eigenvalue weighted by atomic mass is 19.4. The Kier molecular flexibility index (Phi) is 17.1. The number of hydrogen-bond acceptors (Lipinski definition) is 6. The van der Waals surface area contributed by atoms with Gasteiger partial charge >= 0.3 is 24.7 Å². The van der Waals surface area contributed by atoms with Crippen LogP contribution in [0.1, 0.15) is 33.4 Å². The Bertz CT molecular complexity index is 2110. The fourth-order valence-electron chi connectivity index (χ4n) is 7.05. The summed E-state index contributed by atoms with van der Waals surface area (Å²) in [6.07, 6.45) is -21.5. The second-order valence-corrected chi connectivity index (χ2v) is 14.3. The van der Waals surface area contributed by atoms with Gasteiger partial charge in [0.25, 0.3) is 0 Å². The SMILES string of the molecule is COc1ccc(C(c2ccc(OC)cc2)(C(F)(F)F)C(F)(F)F)cc1.COc1ccc(C(c2ccc(OC)cc2)(C(F)(F)F)C(F)(F)F)cc1.COc1ccc(Cc2ccc(OC)cc2)cc1. The zero-order valence-electron chi connectivity index (χ0n) is 36.5. The van der Waals surface area contributed by atoms with Crippen molar-refractivity contribution >= 4 is 0 Å². The lowest BCUT2D eigenvalue weighted by Gasteiger charge is -2.38. The molecule has 0 bridgehead atoms. The minimum absolute atomic E-state index is 0.150. The molecule has 0 unspecified atom stereocenters. The van der Waals surface area contributed by atoms with Crippen molar-refractivity contribution in [2.45, 2.75) is 42.0 Å². The van der Waals surface area contributed by atoms with Crippen LogP contribution in [0.25, 0.3) is 0 Å². The first-order valence-electron chi connectivity index (χ1n) is 19.6. The summed E-state index contributed by atoms with van der Waals surface area (Å²) >= 11 is 0. The maximum absolute atomic E-state index is 13.8. The number of rotatable bonds is 12. The molecular weight excluding hydrogens is 913 g/mol. The molecule has 0 amide bonds. The van der Waals surface area contributed by atoms with Crippen LogP contribution in [0.2, 0.25) is 0 Å². The van der Waals surface area contributed by atoms with Crippen molar-refractivity contribution in [2.75, 3.05) is 42.7 Å². The highest BCUT2D eigenvalue weighted by Crippen LogP contribution is 2.58. The van der Waals surface area contributed by atoms with Crippen molar-refractivity contribution in [3.05, 3.63) is 179 Å². The summed E-state index contributed by atoms with van der Waals surface area (Å²) in [7, 11) is 8.41. The minimum atomic E-state index is -5.62. The van der Waals surface area contributed by atoms with Crippen LogP contribution in [0.3, 0.4) is 0 Å². The quantitative estimate of drug-likeness (QED) is 0.114. The van der Waals surface area contributed by atoms with Crippen molar-refractivity contribution in [3.63, 3.8) is 0 Å². The molecule has 0 fully saturated rings. The third kappa shape index (κ3) is 11.6. The van der Waals surface area contributed by atoms with E-state index in [2.05, 4.69) is 24.3 Å². The van der Waals surface area contributed by atoms with Gasteiger partial charge < -0.3 is 28.4 Å². The molecule has 0 aromatic heterocycles. The molecule has 0 aliphatic rings. The largest absolute Gasteiger partial charge is 0.497 e. The number of benzene rings is 6. The van der Waals surface area contributed by atoms with Crippen molar-refractivity contribution in [3.8, 4) is 34.5 Å². The van der Waals surface area contributed by atoms with Crippen molar-refractivity contribution < 1.29 is 81.1 Å². The molecule has 360 valence electrons. The van der Waals surface area contributed by atoms with Gasteiger partial charge in [-0.15, -0.1) is 0 Å². The Hall–Kier alpha value is -6.72. The Labute approximate surface area is 378 Å². The van der Waals surface area contributed by atoms with Gasteiger partial charge in [0.05, 0.1) is 42.7 Å². The predicted molar refractivity (Wildman–Crippen MR) is 227 cm³/mol. The van der Waals surface area contributed by atoms with Crippen LogP contribution in [0.4, 0.5) is 52.7 Å². The topological polar surface area (TPSA) is 55.4 Å². The molecule has 0 radical (unpaired) electrons. The maximum atomic E-state index is 13.8. The number of halogens is 12. The van der Waals surface area contributed by atoms with Crippen molar-refractivity contribution in [1.82, 2.24) is 0 Å². The van der Waals surface area contributed by atoms with Crippen LogP contribution in [0.5, 0.6) is 34.5 Å².